The standard InChI is InChI=1S/C25H27N3O4S/c29-24-22-19-5-6-20(15-19)23(22)25(30)28(24)14-11-26-9-12-27(13-10-26)33(31,32)21-8-7-17-3-1-2-4-18(17)16-21/h1-8,16,19-20,22-23H,9-15H2/t19-,20-,22+,23+/m1/s1. The van der Waals surface area contributed by atoms with Crippen LogP contribution in [0.2, 0.25) is 0 Å². The van der Waals surface area contributed by atoms with Gasteiger partial charge in [-0.2, -0.15) is 4.31 Å². The molecule has 6 rings (SSSR count). The van der Waals surface area contributed by atoms with E-state index in [0.717, 1.165) is 17.2 Å². The van der Waals surface area contributed by atoms with E-state index in [4.69, 9.17) is 0 Å². The summed E-state index contributed by atoms with van der Waals surface area (Å²) in [7, 11) is -3.56. The van der Waals surface area contributed by atoms with Gasteiger partial charge in [0, 0.05) is 39.3 Å². The summed E-state index contributed by atoms with van der Waals surface area (Å²) in [5.41, 5.74) is 0. The Bertz CT molecular complexity index is 1240. The number of likely N-dealkylation sites (tertiary alicyclic amines) is 1. The molecule has 2 saturated heterocycles. The number of hydrogen-bond acceptors (Lipinski definition) is 5. The third-order valence-electron chi connectivity index (χ3n) is 7.89. The second-order valence-electron chi connectivity index (χ2n) is 9.58. The predicted octanol–water partition coefficient (Wildman–Crippen LogP) is 1.95. The van der Waals surface area contributed by atoms with Crippen LogP contribution in [0.5, 0.6) is 0 Å². The molecule has 2 bridgehead atoms. The fourth-order valence-corrected chi connectivity index (χ4v) is 7.55. The van der Waals surface area contributed by atoms with Crippen molar-refractivity contribution in [3.05, 3.63) is 54.6 Å². The van der Waals surface area contributed by atoms with Crippen molar-refractivity contribution in [2.75, 3.05) is 39.3 Å². The molecule has 2 amide bonds. The van der Waals surface area contributed by atoms with Gasteiger partial charge >= 0.3 is 0 Å². The van der Waals surface area contributed by atoms with Crippen LogP contribution < -0.4 is 0 Å². The number of imide groups is 1. The van der Waals surface area contributed by atoms with E-state index in [0.29, 0.717) is 44.2 Å². The van der Waals surface area contributed by atoms with Crippen LogP contribution in [0, 0.1) is 23.7 Å². The Balaban J connectivity index is 1.07. The maximum atomic E-state index is 13.2. The quantitative estimate of drug-likeness (QED) is 0.498. The fraction of sp³-hybridized carbons (Fsp3) is 0.440. The SMILES string of the molecule is O=C1[C@@H]2[C@@H](C(=O)N1CCN1CCN(S(=O)(=O)c3ccc4ccccc4c3)CC1)[C@@H]1C=C[C@@H]2C1. The van der Waals surface area contributed by atoms with Crippen LogP contribution in [0.4, 0.5) is 0 Å². The maximum Gasteiger partial charge on any atom is 0.243 e. The highest BCUT2D eigenvalue weighted by atomic mass is 32.2. The number of carbonyl (C=O) groups is 2. The van der Waals surface area contributed by atoms with Crippen molar-refractivity contribution < 1.29 is 18.0 Å². The van der Waals surface area contributed by atoms with Crippen LogP contribution in [0.15, 0.2) is 59.5 Å². The third kappa shape index (κ3) is 3.34. The van der Waals surface area contributed by atoms with E-state index < -0.39 is 10.0 Å². The number of sulfonamides is 1. The average molecular weight is 466 g/mol. The second kappa shape index (κ2) is 7.75. The molecule has 2 aromatic carbocycles. The molecular formula is C25H27N3O4S. The smallest absolute Gasteiger partial charge is 0.243 e. The van der Waals surface area contributed by atoms with Gasteiger partial charge in [-0.3, -0.25) is 19.4 Å². The molecule has 4 aliphatic rings. The first-order valence-corrected chi connectivity index (χ1v) is 13.1. The lowest BCUT2D eigenvalue weighted by Gasteiger charge is -2.34. The van der Waals surface area contributed by atoms with E-state index in [9.17, 15) is 18.0 Å². The average Bonchev–Trinajstić information content (AvgIpc) is 3.52. The van der Waals surface area contributed by atoms with E-state index in [2.05, 4.69) is 17.1 Å². The Hall–Kier alpha value is -2.55. The zero-order chi connectivity index (χ0) is 22.7. The molecular weight excluding hydrogens is 438 g/mol. The van der Waals surface area contributed by atoms with Crippen molar-refractivity contribution in [1.29, 1.82) is 0 Å². The lowest BCUT2D eigenvalue weighted by molar-refractivity contribution is -0.140. The van der Waals surface area contributed by atoms with Crippen molar-refractivity contribution in [3.63, 3.8) is 0 Å². The normalized spacial score (nSPS) is 30.0. The van der Waals surface area contributed by atoms with Gasteiger partial charge < -0.3 is 0 Å². The van der Waals surface area contributed by atoms with E-state index in [1.165, 1.54) is 9.21 Å². The Morgan fingerprint density at radius 3 is 2.09 bits per heavy atom. The van der Waals surface area contributed by atoms with Gasteiger partial charge in [0.05, 0.1) is 16.7 Å². The molecule has 3 fully saturated rings. The number of piperazine rings is 1. The van der Waals surface area contributed by atoms with Gasteiger partial charge in [-0.15, -0.1) is 0 Å². The monoisotopic (exact) mass is 465 g/mol. The zero-order valence-corrected chi connectivity index (χ0v) is 19.2. The van der Waals surface area contributed by atoms with Gasteiger partial charge in [-0.25, -0.2) is 8.42 Å². The van der Waals surface area contributed by atoms with Crippen LogP contribution in [-0.2, 0) is 19.6 Å². The largest absolute Gasteiger partial charge is 0.299 e. The maximum absolute atomic E-state index is 13.2. The number of rotatable bonds is 5. The highest BCUT2D eigenvalue weighted by Crippen LogP contribution is 2.52. The molecule has 0 spiro atoms. The molecule has 0 radical (unpaired) electrons. The van der Waals surface area contributed by atoms with Crippen molar-refractivity contribution in [2.45, 2.75) is 11.3 Å². The molecule has 0 unspecified atom stereocenters. The number of amides is 2. The van der Waals surface area contributed by atoms with Crippen LogP contribution in [0.25, 0.3) is 10.8 Å². The first kappa shape index (κ1) is 21.0. The van der Waals surface area contributed by atoms with Gasteiger partial charge in [0.15, 0.2) is 0 Å². The Morgan fingerprint density at radius 2 is 1.42 bits per heavy atom. The molecule has 2 aliphatic carbocycles. The number of benzene rings is 2. The lowest BCUT2D eigenvalue weighted by atomic mass is 9.85. The third-order valence-corrected chi connectivity index (χ3v) is 9.79. The molecule has 7 nitrogen and oxygen atoms in total. The van der Waals surface area contributed by atoms with Gasteiger partial charge in [-0.05, 0) is 41.2 Å². The van der Waals surface area contributed by atoms with Gasteiger partial charge in [0.25, 0.3) is 0 Å². The van der Waals surface area contributed by atoms with Crippen LogP contribution in [0.1, 0.15) is 6.42 Å². The molecule has 172 valence electrons. The van der Waals surface area contributed by atoms with Crippen molar-refractivity contribution >= 4 is 32.6 Å². The van der Waals surface area contributed by atoms with Crippen molar-refractivity contribution in [1.82, 2.24) is 14.1 Å². The van der Waals surface area contributed by atoms with Crippen molar-refractivity contribution in [3.8, 4) is 0 Å². The molecule has 0 aromatic heterocycles. The summed E-state index contributed by atoms with van der Waals surface area (Å²) in [6, 6.07) is 13.0. The summed E-state index contributed by atoms with van der Waals surface area (Å²) in [6.45, 7) is 2.95. The van der Waals surface area contributed by atoms with Crippen molar-refractivity contribution in [2.24, 2.45) is 23.7 Å². The molecule has 2 aromatic rings. The summed E-state index contributed by atoms with van der Waals surface area (Å²) >= 11 is 0. The Kier molecular flexibility index (Phi) is 4.94. The van der Waals surface area contributed by atoms with E-state index >= 15 is 0 Å². The molecule has 1 saturated carbocycles. The summed E-state index contributed by atoms with van der Waals surface area (Å²) < 4.78 is 27.9. The molecule has 2 aliphatic heterocycles. The number of nitrogens with zero attached hydrogens (tertiary/aromatic N) is 3. The van der Waals surface area contributed by atoms with Crippen LogP contribution in [0.3, 0.4) is 0 Å². The highest BCUT2D eigenvalue weighted by molar-refractivity contribution is 7.89. The molecule has 0 N–H and O–H groups in total. The van der Waals surface area contributed by atoms with Crippen LogP contribution >= 0.6 is 0 Å². The lowest BCUT2D eigenvalue weighted by Crippen LogP contribution is -2.50. The highest BCUT2D eigenvalue weighted by Gasteiger charge is 2.59. The summed E-state index contributed by atoms with van der Waals surface area (Å²) in [6.07, 6.45) is 5.15. The number of fused-ring (bicyclic) bond motifs is 6. The van der Waals surface area contributed by atoms with Crippen LogP contribution in [-0.4, -0.2) is 73.6 Å². The fourth-order valence-electron chi connectivity index (χ4n) is 6.10. The zero-order valence-electron chi connectivity index (χ0n) is 18.3. The second-order valence-corrected chi connectivity index (χ2v) is 11.5. The summed E-state index contributed by atoms with van der Waals surface area (Å²) in [5, 5.41) is 1.92. The molecule has 2 heterocycles. The Labute approximate surface area is 193 Å². The first-order valence-electron chi connectivity index (χ1n) is 11.7. The first-order chi connectivity index (χ1) is 15.9. The van der Waals surface area contributed by atoms with E-state index in [1.807, 2.05) is 30.3 Å². The topological polar surface area (TPSA) is 78.0 Å². The van der Waals surface area contributed by atoms with Gasteiger partial charge in [0.2, 0.25) is 21.8 Å². The molecule has 8 heteroatoms. The summed E-state index contributed by atoms with van der Waals surface area (Å²) in [5.74, 6) is 0.113. The van der Waals surface area contributed by atoms with E-state index in [-0.39, 0.29) is 35.5 Å². The number of carbonyl (C=O) groups excluding carboxylic acids is 2. The minimum Gasteiger partial charge on any atom is -0.299 e. The minimum atomic E-state index is -3.56. The number of allylic oxidation sites excluding steroid dienone is 2. The summed E-state index contributed by atoms with van der Waals surface area (Å²) in [4.78, 5) is 29.6. The predicted molar refractivity (Wildman–Crippen MR) is 124 cm³/mol. The van der Waals surface area contributed by atoms with Gasteiger partial charge in [0.1, 0.15) is 0 Å². The minimum absolute atomic E-state index is 0.0145. The van der Waals surface area contributed by atoms with Gasteiger partial charge in [-0.1, -0.05) is 42.5 Å². The molecule has 33 heavy (non-hydrogen) atoms. The number of hydrogen-bond donors (Lipinski definition) is 0. The molecule has 4 atom stereocenters. The van der Waals surface area contributed by atoms with E-state index in [1.54, 1.807) is 12.1 Å². The Morgan fingerprint density at radius 1 is 0.788 bits per heavy atom.